The van der Waals surface area contributed by atoms with Crippen molar-refractivity contribution < 1.29 is 4.42 Å². The SMILES string of the molecule is Cc1ccc(N2CCN(Cc3cc4ccccc4o3)CC2C)cc1. The van der Waals surface area contributed by atoms with E-state index in [0.29, 0.717) is 6.04 Å². The van der Waals surface area contributed by atoms with Gasteiger partial charge in [-0.05, 0) is 38.1 Å². The van der Waals surface area contributed by atoms with Crippen LogP contribution in [0, 0.1) is 6.92 Å². The molecule has 1 saturated heterocycles. The molecule has 0 saturated carbocycles. The van der Waals surface area contributed by atoms with Crippen molar-refractivity contribution in [2.75, 3.05) is 24.5 Å². The molecule has 1 atom stereocenters. The van der Waals surface area contributed by atoms with Gasteiger partial charge in [-0.15, -0.1) is 0 Å². The van der Waals surface area contributed by atoms with E-state index in [-0.39, 0.29) is 0 Å². The summed E-state index contributed by atoms with van der Waals surface area (Å²) in [7, 11) is 0. The van der Waals surface area contributed by atoms with Crippen molar-refractivity contribution in [3.63, 3.8) is 0 Å². The number of nitrogens with zero attached hydrogens (tertiary/aromatic N) is 2. The number of piperazine rings is 1. The first-order valence-corrected chi connectivity index (χ1v) is 8.72. The van der Waals surface area contributed by atoms with E-state index in [9.17, 15) is 0 Å². The van der Waals surface area contributed by atoms with Crippen molar-refractivity contribution in [2.45, 2.75) is 26.4 Å². The summed E-state index contributed by atoms with van der Waals surface area (Å²) in [6.07, 6.45) is 0. The lowest BCUT2D eigenvalue weighted by atomic mass is 10.1. The molecule has 2 aromatic carbocycles. The monoisotopic (exact) mass is 320 g/mol. The van der Waals surface area contributed by atoms with Crippen LogP contribution >= 0.6 is 0 Å². The molecule has 0 aliphatic carbocycles. The summed E-state index contributed by atoms with van der Waals surface area (Å²) in [5, 5.41) is 1.19. The summed E-state index contributed by atoms with van der Waals surface area (Å²) < 4.78 is 5.98. The highest BCUT2D eigenvalue weighted by atomic mass is 16.3. The molecule has 1 unspecified atom stereocenters. The van der Waals surface area contributed by atoms with Gasteiger partial charge in [0.2, 0.25) is 0 Å². The minimum atomic E-state index is 0.505. The average Bonchev–Trinajstić information content (AvgIpc) is 2.98. The van der Waals surface area contributed by atoms with E-state index in [0.717, 1.165) is 37.5 Å². The van der Waals surface area contributed by atoms with Crippen molar-refractivity contribution in [2.24, 2.45) is 0 Å². The molecule has 3 aromatic rings. The standard InChI is InChI=1S/C21H24N2O/c1-16-7-9-19(10-8-16)23-12-11-22(14-17(23)2)15-20-13-18-5-3-4-6-21(18)24-20/h3-10,13,17H,11-12,14-15H2,1-2H3. The Morgan fingerprint density at radius 3 is 2.58 bits per heavy atom. The second-order valence-corrected chi connectivity index (χ2v) is 6.86. The van der Waals surface area contributed by atoms with Crippen molar-refractivity contribution in [3.8, 4) is 0 Å². The lowest BCUT2D eigenvalue weighted by Gasteiger charge is -2.41. The Morgan fingerprint density at radius 1 is 1.04 bits per heavy atom. The first-order chi connectivity index (χ1) is 11.7. The predicted octanol–water partition coefficient (Wildman–Crippen LogP) is 4.45. The van der Waals surface area contributed by atoms with E-state index < -0.39 is 0 Å². The van der Waals surface area contributed by atoms with Crippen LogP contribution in [-0.2, 0) is 6.54 Å². The van der Waals surface area contributed by atoms with Gasteiger partial charge >= 0.3 is 0 Å². The van der Waals surface area contributed by atoms with Crippen LogP contribution in [0.4, 0.5) is 5.69 Å². The number of hydrogen-bond acceptors (Lipinski definition) is 3. The van der Waals surface area contributed by atoms with E-state index in [1.165, 1.54) is 16.6 Å². The molecular formula is C21H24N2O. The fourth-order valence-electron chi connectivity index (χ4n) is 3.63. The van der Waals surface area contributed by atoms with Gasteiger partial charge in [-0.3, -0.25) is 4.90 Å². The molecule has 1 fully saturated rings. The molecule has 0 spiro atoms. The zero-order valence-corrected chi connectivity index (χ0v) is 14.4. The van der Waals surface area contributed by atoms with Crippen LogP contribution in [0.2, 0.25) is 0 Å². The highest BCUT2D eigenvalue weighted by Gasteiger charge is 2.24. The topological polar surface area (TPSA) is 19.6 Å². The zero-order chi connectivity index (χ0) is 16.5. The van der Waals surface area contributed by atoms with E-state index >= 15 is 0 Å². The van der Waals surface area contributed by atoms with Crippen LogP contribution in [0.15, 0.2) is 59.0 Å². The number of anilines is 1. The lowest BCUT2D eigenvalue weighted by Crippen LogP contribution is -2.51. The lowest BCUT2D eigenvalue weighted by molar-refractivity contribution is 0.207. The number of fused-ring (bicyclic) bond motifs is 1. The Labute approximate surface area is 143 Å². The number of para-hydroxylation sites is 1. The smallest absolute Gasteiger partial charge is 0.134 e. The Balaban J connectivity index is 1.43. The van der Waals surface area contributed by atoms with Crippen LogP contribution in [0.3, 0.4) is 0 Å². The molecule has 0 N–H and O–H groups in total. The van der Waals surface area contributed by atoms with Crippen LogP contribution in [0.5, 0.6) is 0 Å². The normalized spacial score (nSPS) is 19.1. The number of aryl methyl sites for hydroxylation is 1. The van der Waals surface area contributed by atoms with Gasteiger partial charge in [-0.1, -0.05) is 35.9 Å². The Kier molecular flexibility index (Phi) is 4.03. The van der Waals surface area contributed by atoms with E-state index in [4.69, 9.17) is 4.42 Å². The molecule has 3 nitrogen and oxygen atoms in total. The molecule has 1 aliphatic heterocycles. The maximum absolute atomic E-state index is 5.98. The average molecular weight is 320 g/mol. The third-order valence-corrected chi connectivity index (χ3v) is 4.93. The number of hydrogen-bond donors (Lipinski definition) is 0. The van der Waals surface area contributed by atoms with Crippen molar-refractivity contribution in [3.05, 3.63) is 65.9 Å². The predicted molar refractivity (Wildman–Crippen MR) is 99.5 cm³/mol. The Hall–Kier alpha value is -2.26. The Bertz CT molecular complexity index is 788. The van der Waals surface area contributed by atoms with Gasteiger partial charge in [0.1, 0.15) is 11.3 Å². The number of benzene rings is 2. The van der Waals surface area contributed by atoms with Gasteiger partial charge in [0.15, 0.2) is 0 Å². The largest absolute Gasteiger partial charge is 0.460 e. The molecule has 1 aliphatic rings. The maximum atomic E-state index is 5.98. The Morgan fingerprint density at radius 2 is 1.83 bits per heavy atom. The van der Waals surface area contributed by atoms with Crippen LogP contribution in [0.25, 0.3) is 11.0 Å². The van der Waals surface area contributed by atoms with Gasteiger partial charge in [0.25, 0.3) is 0 Å². The molecular weight excluding hydrogens is 296 g/mol. The summed E-state index contributed by atoms with van der Waals surface area (Å²) in [6, 6.07) is 19.8. The second-order valence-electron chi connectivity index (χ2n) is 6.86. The van der Waals surface area contributed by atoms with Gasteiger partial charge in [0.05, 0.1) is 6.54 Å². The molecule has 1 aromatic heterocycles. The quantitative estimate of drug-likeness (QED) is 0.711. The second kappa shape index (κ2) is 6.33. The van der Waals surface area contributed by atoms with Crippen molar-refractivity contribution >= 4 is 16.7 Å². The van der Waals surface area contributed by atoms with Gasteiger partial charge in [0, 0.05) is 36.7 Å². The summed E-state index contributed by atoms with van der Waals surface area (Å²) in [5.74, 6) is 1.06. The molecule has 24 heavy (non-hydrogen) atoms. The molecule has 4 rings (SSSR count). The van der Waals surface area contributed by atoms with E-state index in [2.05, 4.69) is 66.1 Å². The highest BCUT2D eigenvalue weighted by molar-refractivity contribution is 5.77. The highest BCUT2D eigenvalue weighted by Crippen LogP contribution is 2.24. The van der Waals surface area contributed by atoms with Crippen LogP contribution in [0.1, 0.15) is 18.2 Å². The number of furan rings is 1. The van der Waals surface area contributed by atoms with Gasteiger partial charge in [-0.2, -0.15) is 0 Å². The van der Waals surface area contributed by atoms with E-state index in [1.54, 1.807) is 0 Å². The fourth-order valence-corrected chi connectivity index (χ4v) is 3.63. The van der Waals surface area contributed by atoms with E-state index in [1.807, 2.05) is 12.1 Å². The van der Waals surface area contributed by atoms with Crippen molar-refractivity contribution in [1.29, 1.82) is 0 Å². The molecule has 2 heterocycles. The summed E-state index contributed by atoms with van der Waals surface area (Å²) in [6.45, 7) is 8.52. The van der Waals surface area contributed by atoms with Crippen molar-refractivity contribution in [1.82, 2.24) is 4.90 Å². The first kappa shape index (κ1) is 15.3. The summed E-state index contributed by atoms with van der Waals surface area (Å²) in [5.41, 5.74) is 3.63. The molecule has 0 amide bonds. The summed E-state index contributed by atoms with van der Waals surface area (Å²) in [4.78, 5) is 5.00. The van der Waals surface area contributed by atoms with Crippen LogP contribution < -0.4 is 4.90 Å². The third kappa shape index (κ3) is 3.04. The fraction of sp³-hybridized carbons (Fsp3) is 0.333. The van der Waals surface area contributed by atoms with Gasteiger partial charge in [-0.25, -0.2) is 0 Å². The minimum absolute atomic E-state index is 0.505. The number of rotatable bonds is 3. The molecule has 3 heteroatoms. The molecule has 0 radical (unpaired) electrons. The van der Waals surface area contributed by atoms with Crippen LogP contribution in [-0.4, -0.2) is 30.6 Å². The summed E-state index contributed by atoms with van der Waals surface area (Å²) >= 11 is 0. The molecule has 124 valence electrons. The van der Waals surface area contributed by atoms with Gasteiger partial charge < -0.3 is 9.32 Å². The maximum Gasteiger partial charge on any atom is 0.134 e. The zero-order valence-electron chi connectivity index (χ0n) is 14.4. The first-order valence-electron chi connectivity index (χ1n) is 8.72. The third-order valence-electron chi connectivity index (χ3n) is 4.93. The molecule has 0 bridgehead atoms. The minimum Gasteiger partial charge on any atom is -0.460 e.